The van der Waals surface area contributed by atoms with Crippen LogP contribution in [0.4, 0.5) is 0 Å². The van der Waals surface area contributed by atoms with Gasteiger partial charge in [0.05, 0.1) is 6.61 Å². The molecule has 0 amide bonds. The molecule has 2 fully saturated rings. The quantitative estimate of drug-likeness (QED) is 0.717. The lowest BCUT2D eigenvalue weighted by molar-refractivity contribution is 0.0491. The van der Waals surface area contributed by atoms with Gasteiger partial charge in [-0.1, -0.05) is 0 Å². The van der Waals surface area contributed by atoms with Crippen LogP contribution < -0.4 is 5.73 Å². The van der Waals surface area contributed by atoms with Gasteiger partial charge in [0.15, 0.2) is 0 Å². The molecule has 0 bridgehead atoms. The summed E-state index contributed by atoms with van der Waals surface area (Å²) in [5.74, 6) is 0.659. The second-order valence-electron chi connectivity index (χ2n) is 5.92. The van der Waals surface area contributed by atoms with Gasteiger partial charge in [-0.25, -0.2) is 0 Å². The van der Waals surface area contributed by atoms with Crippen molar-refractivity contribution in [3.8, 4) is 0 Å². The molecular formula is C13H27N3O. The molecule has 17 heavy (non-hydrogen) atoms. The van der Waals surface area contributed by atoms with Gasteiger partial charge in [0.25, 0.3) is 0 Å². The van der Waals surface area contributed by atoms with Gasteiger partial charge in [-0.15, -0.1) is 0 Å². The van der Waals surface area contributed by atoms with Crippen molar-refractivity contribution in [3.63, 3.8) is 0 Å². The zero-order valence-electron chi connectivity index (χ0n) is 11.2. The number of likely N-dealkylation sites (N-methyl/N-ethyl adjacent to an activating group) is 1. The van der Waals surface area contributed by atoms with Crippen LogP contribution in [0, 0.1) is 5.92 Å². The van der Waals surface area contributed by atoms with E-state index in [0.717, 1.165) is 13.1 Å². The number of rotatable bonds is 5. The fourth-order valence-electron chi connectivity index (χ4n) is 2.98. The molecule has 1 aliphatic carbocycles. The minimum Gasteiger partial charge on any atom is -0.395 e. The van der Waals surface area contributed by atoms with Crippen LogP contribution in [0.5, 0.6) is 0 Å². The number of aliphatic hydroxyl groups is 1. The van der Waals surface area contributed by atoms with Gasteiger partial charge in [-0.05, 0) is 52.2 Å². The molecular weight excluding hydrogens is 214 g/mol. The second kappa shape index (κ2) is 5.65. The summed E-state index contributed by atoms with van der Waals surface area (Å²) in [5, 5.41) is 9.61. The molecule has 2 aliphatic rings. The maximum Gasteiger partial charge on any atom is 0.0602 e. The van der Waals surface area contributed by atoms with Gasteiger partial charge in [0.2, 0.25) is 0 Å². The highest BCUT2D eigenvalue weighted by atomic mass is 16.3. The standard InChI is InChI=1S/C13H27N3O/c1-15(2)11-4-3-7-16(8-11)12(9-17)13(14)10-5-6-10/h10-13,17H,3-9,14H2,1-2H3. The van der Waals surface area contributed by atoms with E-state index in [-0.39, 0.29) is 18.7 Å². The van der Waals surface area contributed by atoms with E-state index in [2.05, 4.69) is 23.9 Å². The number of hydrogen-bond donors (Lipinski definition) is 2. The van der Waals surface area contributed by atoms with Crippen LogP contribution in [0.25, 0.3) is 0 Å². The minimum atomic E-state index is 0.168. The van der Waals surface area contributed by atoms with Crippen LogP contribution in [0.1, 0.15) is 25.7 Å². The van der Waals surface area contributed by atoms with Crippen molar-refractivity contribution in [2.24, 2.45) is 11.7 Å². The highest BCUT2D eigenvalue weighted by Crippen LogP contribution is 2.34. The minimum absolute atomic E-state index is 0.168. The molecule has 0 aromatic carbocycles. The maximum absolute atomic E-state index is 9.61. The molecule has 3 atom stereocenters. The second-order valence-corrected chi connectivity index (χ2v) is 5.92. The molecule has 4 nitrogen and oxygen atoms in total. The third-order valence-corrected chi connectivity index (χ3v) is 4.42. The van der Waals surface area contributed by atoms with Crippen LogP contribution in [0.15, 0.2) is 0 Å². The summed E-state index contributed by atoms with van der Waals surface area (Å²) in [4.78, 5) is 4.71. The predicted octanol–water partition coefficient (Wildman–Crippen LogP) is 0.111. The monoisotopic (exact) mass is 241 g/mol. The van der Waals surface area contributed by atoms with Crippen LogP contribution in [-0.4, -0.2) is 66.8 Å². The zero-order chi connectivity index (χ0) is 12.4. The molecule has 2 rings (SSSR count). The molecule has 0 aromatic heterocycles. The predicted molar refractivity (Wildman–Crippen MR) is 69.9 cm³/mol. The number of nitrogens with zero attached hydrogens (tertiary/aromatic N) is 2. The smallest absolute Gasteiger partial charge is 0.0602 e. The number of likely N-dealkylation sites (tertiary alicyclic amines) is 1. The van der Waals surface area contributed by atoms with E-state index in [9.17, 15) is 5.11 Å². The average Bonchev–Trinajstić information content (AvgIpc) is 3.14. The molecule has 100 valence electrons. The van der Waals surface area contributed by atoms with E-state index in [0.29, 0.717) is 12.0 Å². The SMILES string of the molecule is CN(C)C1CCCN(C(CO)C(N)C2CC2)C1. The first kappa shape index (κ1) is 13.3. The van der Waals surface area contributed by atoms with Gasteiger partial charge in [-0.3, -0.25) is 4.90 Å². The summed E-state index contributed by atoms with van der Waals surface area (Å²) in [5.41, 5.74) is 6.27. The lowest BCUT2D eigenvalue weighted by Crippen LogP contribution is -2.56. The van der Waals surface area contributed by atoms with E-state index in [1.807, 2.05) is 0 Å². The largest absolute Gasteiger partial charge is 0.395 e. The Bertz CT molecular complexity index is 243. The summed E-state index contributed by atoms with van der Waals surface area (Å²) < 4.78 is 0. The third-order valence-electron chi connectivity index (χ3n) is 4.42. The van der Waals surface area contributed by atoms with E-state index >= 15 is 0 Å². The fourth-order valence-corrected chi connectivity index (χ4v) is 2.98. The highest BCUT2D eigenvalue weighted by Gasteiger charge is 2.37. The van der Waals surface area contributed by atoms with Crippen molar-refractivity contribution in [3.05, 3.63) is 0 Å². The lowest BCUT2D eigenvalue weighted by atomic mass is 9.98. The molecule has 0 spiro atoms. The molecule has 0 aromatic rings. The first-order valence-electron chi connectivity index (χ1n) is 6.90. The van der Waals surface area contributed by atoms with Crippen LogP contribution in [-0.2, 0) is 0 Å². The van der Waals surface area contributed by atoms with Crippen molar-refractivity contribution in [1.82, 2.24) is 9.80 Å². The first-order chi connectivity index (χ1) is 8.13. The summed E-state index contributed by atoms with van der Waals surface area (Å²) in [6.07, 6.45) is 4.99. The van der Waals surface area contributed by atoms with Gasteiger partial charge >= 0.3 is 0 Å². The third kappa shape index (κ3) is 3.19. The number of hydrogen-bond acceptors (Lipinski definition) is 4. The Labute approximate surface area is 105 Å². The van der Waals surface area contributed by atoms with Crippen LogP contribution in [0.2, 0.25) is 0 Å². The molecule has 1 aliphatic heterocycles. The van der Waals surface area contributed by atoms with Crippen LogP contribution in [0.3, 0.4) is 0 Å². The van der Waals surface area contributed by atoms with Crippen molar-refractivity contribution in [2.75, 3.05) is 33.8 Å². The lowest BCUT2D eigenvalue weighted by Gasteiger charge is -2.42. The van der Waals surface area contributed by atoms with Crippen molar-refractivity contribution >= 4 is 0 Å². The van der Waals surface area contributed by atoms with Crippen molar-refractivity contribution in [2.45, 2.75) is 43.8 Å². The van der Waals surface area contributed by atoms with Gasteiger partial charge in [0, 0.05) is 24.7 Å². The van der Waals surface area contributed by atoms with E-state index in [4.69, 9.17) is 5.73 Å². The highest BCUT2D eigenvalue weighted by molar-refractivity contribution is 4.95. The van der Waals surface area contributed by atoms with Gasteiger partial charge in [0.1, 0.15) is 0 Å². The average molecular weight is 241 g/mol. The van der Waals surface area contributed by atoms with Gasteiger partial charge < -0.3 is 15.7 Å². The summed E-state index contributed by atoms with van der Waals surface area (Å²) in [6.45, 7) is 2.35. The number of aliphatic hydroxyl groups excluding tert-OH is 1. The van der Waals surface area contributed by atoms with Crippen LogP contribution >= 0.6 is 0 Å². The van der Waals surface area contributed by atoms with E-state index in [1.165, 1.54) is 25.7 Å². The number of nitrogens with two attached hydrogens (primary N) is 1. The van der Waals surface area contributed by atoms with Gasteiger partial charge in [-0.2, -0.15) is 0 Å². The molecule has 4 heteroatoms. The molecule has 1 heterocycles. The number of piperidine rings is 1. The van der Waals surface area contributed by atoms with E-state index < -0.39 is 0 Å². The fraction of sp³-hybridized carbons (Fsp3) is 1.00. The van der Waals surface area contributed by atoms with Crippen molar-refractivity contribution in [1.29, 1.82) is 0 Å². The zero-order valence-corrected chi connectivity index (χ0v) is 11.2. The molecule has 1 saturated heterocycles. The summed E-state index contributed by atoms with van der Waals surface area (Å²) in [6, 6.07) is 0.954. The Morgan fingerprint density at radius 3 is 2.59 bits per heavy atom. The van der Waals surface area contributed by atoms with E-state index in [1.54, 1.807) is 0 Å². The Balaban J connectivity index is 1.93. The normalized spacial score (nSPS) is 30.5. The maximum atomic E-state index is 9.61. The molecule has 3 unspecified atom stereocenters. The Morgan fingerprint density at radius 2 is 2.06 bits per heavy atom. The first-order valence-corrected chi connectivity index (χ1v) is 6.90. The molecule has 1 saturated carbocycles. The summed E-state index contributed by atoms with van der Waals surface area (Å²) >= 11 is 0. The summed E-state index contributed by atoms with van der Waals surface area (Å²) in [7, 11) is 4.28. The molecule has 0 radical (unpaired) electrons. The Kier molecular flexibility index (Phi) is 4.42. The molecule has 3 N–H and O–H groups in total. The topological polar surface area (TPSA) is 52.7 Å². The van der Waals surface area contributed by atoms with Crippen molar-refractivity contribution < 1.29 is 5.11 Å². The Morgan fingerprint density at radius 1 is 1.35 bits per heavy atom. The Hall–Kier alpha value is -0.160.